The van der Waals surface area contributed by atoms with Gasteiger partial charge in [-0.25, -0.2) is 14.4 Å². The van der Waals surface area contributed by atoms with Crippen molar-refractivity contribution < 1.29 is 13.9 Å². The topological polar surface area (TPSA) is 88.5 Å². The summed E-state index contributed by atoms with van der Waals surface area (Å²) in [5.41, 5.74) is 3.46. The van der Waals surface area contributed by atoms with Gasteiger partial charge in [0.2, 0.25) is 5.95 Å². The van der Waals surface area contributed by atoms with Crippen LogP contribution in [-0.4, -0.2) is 30.5 Å². The lowest BCUT2D eigenvalue weighted by atomic mass is 10.0. The lowest BCUT2D eigenvalue weighted by molar-refractivity contribution is 0.160. The van der Waals surface area contributed by atoms with Crippen LogP contribution in [0, 0.1) is 5.82 Å². The van der Waals surface area contributed by atoms with E-state index in [4.69, 9.17) is 4.42 Å². The summed E-state index contributed by atoms with van der Waals surface area (Å²) < 4.78 is 20.7. The van der Waals surface area contributed by atoms with E-state index in [1.807, 2.05) is 37.3 Å². The standard InChI is InChI=1S/C24H20FN5O2/c1-15(22(31)17-5-3-2-4-6-17)27-23-26-12-11-19(28-23)21-20(16-7-9-18(25)10-8-16)29-24-30(21)13-14-32-24/h2-15,22,31H,1H3,(H,26,27,28)/t15-,22-/m0/s1. The molecule has 0 aliphatic heterocycles. The zero-order valence-electron chi connectivity index (χ0n) is 17.2. The van der Waals surface area contributed by atoms with Gasteiger partial charge in [-0.2, -0.15) is 4.98 Å². The number of halogens is 1. The largest absolute Gasteiger partial charge is 0.432 e. The highest BCUT2D eigenvalue weighted by atomic mass is 19.1. The van der Waals surface area contributed by atoms with Crippen molar-refractivity contribution >= 4 is 11.8 Å². The first-order valence-electron chi connectivity index (χ1n) is 10.1. The van der Waals surface area contributed by atoms with Crippen LogP contribution in [0.5, 0.6) is 0 Å². The predicted molar refractivity (Wildman–Crippen MR) is 118 cm³/mol. The number of imidazole rings is 1. The summed E-state index contributed by atoms with van der Waals surface area (Å²) in [6.07, 6.45) is 4.20. The molecule has 3 heterocycles. The van der Waals surface area contributed by atoms with Gasteiger partial charge in [-0.3, -0.25) is 4.40 Å². The SMILES string of the molecule is C[C@H](Nc1nccc(-c2c(-c3ccc(F)cc3)nc3occn23)n1)[C@H](O)c1ccccc1. The Bertz CT molecular complexity index is 1350. The van der Waals surface area contributed by atoms with E-state index in [-0.39, 0.29) is 11.9 Å². The van der Waals surface area contributed by atoms with Crippen LogP contribution in [0.1, 0.15) is 18.6 Å². The molecule has 32 heavy (non-hydrogen) atoms. The number of nitrogens with one attached hydrogen (secondary N) is 1. The molecular weight excluding hydrogens is 409 g/mol. The fourth-order valence-electron chi connectivity index (χ4n) is 3.62. The maximum absolute atomic E-state index is 13.4. The minimum absolute atomic E-state index is 0.322. The molecule has 0 aliphatic rings. The second-order valence-corrected chi connectivity index (χ2v) is 7.43. The van der Waals surface area contributed by atoms with Gasteiger partial charge in [-0.05, 0) is 42.8 Å². The molecular formula is C24H20FN5O2. The van der Waals surface area contributed by atoms with Crippen LogP contribution in [0.4, 0.5) is 10.3 Å². The third-order valence-electron chi connectivity index (χ3n) is 5.25. The third-order valence-corrected chi connectivity index (χ3v) is 5.25. The molecule has 3 aromatic heterocycles. The molecule has 0 radical (unpaired) electrons. The third kappa shape index (κ3) is 3.72. The number of nitrogens with zero attached hydrogens (tertiary/aromatic N) is 4. The van der Waals surface area contributed by atoms with E-state index >= 15 is 0 Å². The van der Waals surface area contributed by atoms with Crippen molar-refractivity contribution in [2.45, 2.75) is 19.1 Å². The summed E-state index contributed by atoms with van der Waals surface area (Å²) in [5, 5.41) is 13.8. The Kier molecular flexibility index (Phi) is 5.12. The highest BCUT2D eigenvalue weighted by Crippen LogP contribution is 2.32. The lowest BCUT2D eigenvalue weighted by Gasteiger charge is -2.20. The molecule has 7 nitrogen and oxygen atoms in total. The average molecular weight is 429 g/mol. The van der Waals surface area contributed by atoms with Crippen LogP contribution >= 0.6 is 0 Å². The molecule has 2 atom stereocenters. The molecule has 0 amide bonds. The molecule has 8 heteroatoms. The van der Waals surface area contributed by atoms with Gasteiger partial charge in [0.15, 0.2) is 0 Å². The van der Waals surface area contributed by atoms with Crippen LogP contribution in [0.2, 0.25) is 0 Å². The van der Waals surface area contributed by atoms with Gasteiger partial charge in [-0.1, -0.05) is 30.3 Å². The number of rotatable bonds is 6. The average Bonchev–Trinajstić information content (AvgIpc) is 3.41. The molecule has 2 aromatic carbocycles. The molecule has 0 fully saturated rings. The fourth-order valence-corrected chi connectivity index (χ4v) is 3.62. The Morgan fingerprint density at radius 3 is 2.59 bits per heavy atom. The first kappa shape index (κ1) is 19.9. The van der Waals surface area contributed by atoms with E-state index in [1.54, 1.807) is 41.3 Å². The minimum Gasteiger partial charge on any atom is -0.432 e. The van der Waals surface area contributed by atoms with Gasteiger partial charge >= 0.3 is 5.84 Å². The van der Waals surface area contributed by atoms with Crippen molar-refractivity contribution in [3.63, 3.8) is 0 Å². The molecule has 160 valence electrons. The van der Waals surface area contributed by atoms with Crippen molar-refractivity contribution in [3.8, 4) is 22.6 Å². The van der Waals surface area contributed by atoms with Gasteiger partial charge in [0.25, 0.3) is 0 Å². The van der Waals surface area contributed by atoms with E-state index in [0.717, 1.165) is 11.1 Å². The second kappa shape index (κ2) is 8.24. The zero-order valence-corrected chi connectivity index (χ0v) is 17.2. The quantitative estimate of drug-likeness (QED) is 0.406. The molecule has 0 spiro atoms. The fraction of sp³-hybridized carbons (Fsp3) is 0.125. The molecule has 0 unspecified atom stereocenters. The predicted octanol–water partition coefficient (Wildman–Crippen LogP) is 4.72. The molecule has 0 bridgehead atoms. The first-order chi connectivity index (χ1) is 15.6. The second-order valence-electron chi connectivity index (χ2n) is 7.43. The van der Waals surface area contributed by atoms with Gasteiger partial charge in [0, 0.05) is 18.0 Å². The van der Waals surface area contributed by atoms with Gasteiger partial charge < -0.3 is 14.8 Å². The number of oxazole rings is 1. The Hall–Kier alpha value is -4.04. The Morgan fingerprint density at radius 2 is 1.81 bits per heavy atom. The smallest absolute Gasteiger partial charge is 0.306 e. The van der Waals surface area contributed by atoms with Crippen molar-refractivity contribution in [2.24, 2.45) is 0 Å². The van der Waals surface area contributed by atoms with Gasteiger partial charge in [0.05, 0.1) is 17.8 Å². The number of aromatic nitrogens is 4. The number of anilines is 1. The van der Waals surface area contributed by atoms with E-state index in [0.29, 0.717) is 28.9 Å². The summed E-state index contributed by atoms with van der Waals surface area (Å²) in [6.45, 7) is 1.87. The Labute approximate surface area is 183 Å². The van der Waals surface area contributed by atoms with Crippen molar-refractivity contribution in [1.82, 2.24) is 19.4 Å². The van der Waals surface area contributed by atoms with Gasteiger partial charge in [0.1, 0.15) is 23.5 Å². The number of aliphatic hydroxyl groups excluding tert-OH is 1. The molecule has 5 aromatic rings. The van der Waals surface area contributed by atoms with E-state index < -0.39 is 6.10 Å². The van der Waals surface area contributed by atoms with Crippen LogP contribution in [0.3, 0.4) is 0 Å². The molecule has 0 aliphatic carbocycles. The lowest BCUT2D eigenvalue weighted by Crippen LogP contribution is -2.25. The van der Waals surface area contributed by atoms with Crippen LogP contribution in [-0.2, 0) is 0 Å². The molecule has 2 N–H and O–H groups in total. The Balaban J connectivity index is 1.50. The van der Waals surface area contributed by atoms with Crippen LogP contribution in [0.25, 0.3) is 28.5 Å². The zero-order chi connectivity index (χ0) is 22.1. The summed E-state index contributed by atoms with van der Waals surface area (Å²) in [4.78, 5) is 13.5. The van der Waals surface area contributed by atoms with Crippen LogP contribution in [0.15, 0.2) is 83.7 Å². The highest BCUT2D eigenvalue weighted by molar-refractivity contribution is 5.79. The van der Waals surface area contributed by atoms with Crippen molar-refractivity contribution in [2.75, 3.05) is 5.32 Å². The normalized spacial score (nSPS) is 13.2. The number of benzene rings is 2. The number of aliphatic hydroxyl groups is 1. The summed E-state index contributed by atoms with van der Waals surface area (Å²) in [5.74, 6) is 0.450. The molecule has 0 saturated carbocycles. The maximum atomic E-state index is 13.4. The summed E-state index contributed by atoms with van der Waals surface area (Å²) >= 11 is 0. The van der Waals surface area contributed by atoms with Crippen molar-refractivity contribution in [1.29, 1.82) is 0 Å². The summed E-state index contributed by atoms with van der Waals surface area (Å²) in [6, 6.07) is 17.0. The highest BCUT2D eigenvalue weighted by Gasteiger charge is 2.21. The van der Waals surface area contributed by atoms with Crippen LogP contribution < -0.4 is 5.32 Å². The number of fused-ring (bicyclic) bond motifs is 1. The van der Waals surface area contributed by atoms with Gasteiger partial charge in [-0.15, -0.1) is 0 Å². The minimum atomic E-state index is -0.728. The molecule has 5 rings (SSSR count). The van der Waals surface area contributed by atoms with E-state index in [9.17, 15) is 9.50 Å². The monoisotopic (exact) mass is 429 g/mol. The van der Waals surface area contributed by atoms with Crippen molar-refractivity contribution in [3.05, 3.63) is 90.7 Å². The summed E-state index contributed by atoms with van der Waals surface area (Å²) in [7, 11) is 0. The first-order valence-corrected chi connectivity index (χ1v) is 10.1. The van der Waals surface area contributed by atoms with E-state index in [2.05, 4.69) is 20.3 Å². The number of hydrogen-bond acceptors (Lipinski definition) is 6. The Morgan fingerprint density at radius 1 is 1.03 bits per heavy atom. The number of hydrogen-bond donors (Lipinski definition) is 2. The maximum Gasteiger partial charge on any atom is 0.306 e. The van der Waals surface area contributed by atoms with E-state index in [1.165, 1.54) is 12.1 Å². The molecule has 0 saturated heterocycles.